The summed E-state index contributed by atoms with van der Waals surface area (Å²) in [6.45, 7) is 5.08. The van der Waals surface area contributed by atoms with E-state index < -0.39 is 0 Å². The second-order valence-electron chi connectivity index (χ2n) is 4.90. The lowest BCUT2D eigenvalue weighted by molar-refractivity contribution is 0.273. The van der Waals surface area contributed by atoms with Gasteiger partial charge in [0.1, 0.15) is 0 Å². The summed E-state index contributed by atoms with van der Waals surface area (Å²) in [4.78, 5) is 19.1. The summed E-state index contributed by atoms with van der Waals surface area (Å²) < 4.78 is 0. The SMILES string of the molecule is CC1CN(C)CCN1c1nc(Cl)nc(N(C)C)n1. The fourth-order valence-electron chi connectivity index (χ4n) is 2.09. The molecule has 6 nitrogen and oxygen atoms in total. The van der Waals surface area contributed by atoms with Crippen molar-refractivity contribution in [2.75, 3.05) is 50.6 Å². The molecule has 2 heterocycles. The molecule has 100 valence electrons. The first-order valence-electron chi connectivity index (χ1n) is 6.01. The standard InChI is InChI=1S/C11H19ClN6/c1-8-7-17(4)5-6-18(8)11-14-9(12)13-10(15-11)16(2)3/h8H,5-7H2,1-4H3. The van der Waals surface area contributed by atoms with Gasteiger partial charge in [0.15, 0.2) is 0 Å². The van der Waals surface area contributed by atoms with Gasteiger partial charge in [0.05, 0.1) is 0 Å². The normalized spacial score (nSPS) is 21.2. The number of likely N-dealkylation sites (N-methyl/N-ethyl adjacent to an activating group) is 1. The van der Waals surface area contributed by atoms with Crippen molar-refractivity contribution in [1.82, 2.24) is 19.9 Å². The average molecular weight is 271 g/mol. The van der Waals surface area contributed by atoms with E-state index in [1.165, 1.54) is 0 Å². The zero-order valence-corrected chi connectivity index (χ0v) is 12.0. The predicted molar refractivity (Wildman–Crippen MR) is 73.5 cm³/mol. The molecule has 0 bridgehead atoms. The van der Waals surface area contributed by atoms with Crippen molar-refractivity contribution in [2.45, 2.75) is 13.0 Å². The molecule has 1 atom stereocenters. The van der Waals surface area contributed by atoms with Crippen LogP contribution in [-0.2, 0) is 0 Å². The van der Waals surface area contributed by atoms with Gasteiger partial charge in [0.2, 0.25) is 17.2 Å². The lowest BCUT2D eigenvalue weighted by atomic mass is 10.2. The van der Waals surface area contributed by atoms with Crippen molar-refractivity contribution in [2.24, 2.45) is 0 Å². The summed E-state index contributed by atoms with van der Waals surface area (Å²) in [5, 5.41) is 0.245. The lowest BCUT2D eigenvalue weighted by Gasteiger charge is -2.38. The zero-order chi connectivity index (χ0) is 13.3. The fourth-order valence-corrected chi connectivity index (χ4v) is 2.25. The first kappa shape index (κ1) is 13.3. The number of aromatic nitrogens is 3. The van der Waals surface area contributed by atoms with Gasteiger partial charge in [0.25, 0.3) is 0 Å². The van der Waals surface area contributed by atoms with Crippen LogP contribution in [0.25, 0.3) is 0 Å². The number of rotatable bonds is 2. The van der Waals surface area contributed by atoms with Gasteiger partial charge in [-0.05, 0) is 25.6 Å². The second-order valence-corrected chi connectivity index (χ2v) is 5.24. The molecule has 0 N–H and O–H groups in total. The summed E-state index contributed by atoms with van der Waals surface area (Å²) in [5.74, 6) is 1.26. The van der Waals surface area contributed by atoms with Crippen LogP contribution in [0.3, 0.4) is 0 Å². The van der Waals surface area contributed by atoms with E-state index in [0.29, 0.717) is 17.9 Å². The molecular weight excluding hydrogens is 252 g/mol. The maximum absolute atomic E-state index is 5.96. The molecule has 18 heavy (non-hydrogen) atoms. The minimum atomic E-state index is 0.245. The third-order valence-electron chi connectivity index (χ3n) is 3.07. The molecule has 1 aliphatic heterocycles. The average Bonchev–Trinajstić information content (AvgIpc) is 2.27. The molecule has 1 aromatic rings. The minimum Gasteiger partial charge on any atom is -0.347 e. The highest BCUT2D eigenvalue weighted by Crippen LogP contribution is 2.19. The van der Waals surface area contributed by atoms with Gasteiger partial charge in [-0.15, -0.1) is 0 Å². The van der Waals surface area contributed by atoms with Crippen LogP contribution in [0, 0.1) is 0 Å². The lowest BCUT2D eigenvalue weighted by Crippen LogP contribution is -2.51. The van der Waals surface area contributed by atoms with E-state index >= 15 is 0 Å². The van der Waals surface area contributed by atoms with Crippen LogP contribution in [0.4, 0.5) is 11.9 Å². The second kappa shape index (κ2) is 5.24. The van der Waals surface area contributed by atoms with Crippen molar-refractivity contribution in [3.05, 3.63) is 5.28 Å². The number of hydrogen-bond donors (Lipinski definition) is 0. The molecule has 0 radical (unpaired) electrons. The van der Waals surface area contributed by atoms with Gasteiger partial charge in [0, 0.05) is 39.8 Å². The van der Waals surface area contributed by atoms with Crippen molar-refractivity contribution in [3.63, 3.8) is 0 Å². The molecule has 0 spiro atoms. The summed E-state index contributed by atoms with van der Waals surface area (Å²) in [5.41, 5.74) is 0. The quantitative estimate of drug-likeness (QED) is 0.790. The van der Waals surface area contributed by atoms with E-state index in [4.69, 9.17) is 11.6 Å². The topological polar surface area (TPSA) is 48.4 Å². The Morgan fingerprint density at radius 2 is 1.94 bits per heavy atom. The molecule has 1 fully saturated rings. The Bertz CT molecular complexity index is 424. The molecule has 0 aromatic carbocycles. The number of piperazine rings is 1. The molecule has 7 heteroatoms. The van der Waals surface area contributed by atoms with Gasteiger partial charge < -0.3 is 14.7 Å². The smallest absolute Gasteiger partial charge is 0.231 e. The highest BCUT2D eigenvalue weighted by Gasteiger charge is 2.24. The maximum Gasteiger partial charge on any atom is 0.231 e. The number of halogens is 1. The van der Waals surface area contributed by atoms with Crippen LogP contribution in [-0.4, -0.2) is 66.7 Å². The van der Waals surface area contributed by atoms with Gasteiger partial charge in [-0.3, -0.25) is 0 Å². The van der Waals surface area contributed by atoms with Crippen LogP contribution < -0.4 is 9.80 Å². The third-order valence-corrected chi connectivity index (χ3v) is 3.24. The Balaban J connectivity index is 2.27. The van der Waals surface area contributed by atoms with E-state index in [1.54, 1.807) is 0 Å². The van der Waals surface area contributed by atoms with Crippen molar-refractivity contribution in [3.8, 4) is 0 Å². The first-order chi connectivity index (χ1) is 8.47. The van der Waals surface area contributed by atoms with Crippen molar-refractivity contribution in [1.29, 1.82) is 0 Å². The number of anilines is 2. The Morgan fingerprint density at radius 3 is 2.56 bits per heavy atom. The Morgan fingerprint density at radius 1 is 1.22 bits per heavy atom. The summed E-state index contributed by atoms with van der Waals surface area (Å²) in [6, 6.07) is 0.372. The van der Waals surface area contributed by atoms with E-state index in [-0.39, 0.29) is 5.28 Å². The zero-order valence-electron chi connectivity index (χ0n) is 11.3. The van der Waals surface area contributed by atoms with Gasteiger partial charge in [-0.1, -0.05) is 0 Å². The molecule has 1 aliphatic rings. The van der Waals surface area contributed by atoms with E-state index in [9.17, 15) is 0 Å². The number of nitrogens with zero attached hydrogens (tertiary/aromatic N) is 6. The van der Waals surface area contributed by atoms with Crippen LogP contribution in [0.1, 0.15) is 6.92 Å². The minimum absolute atomic E-state index is 0.245. The van der Waals surface area contributed by atoms with E-state index in [2.05, 4.69) is 38.7 Å². The van der Waals surface area contributed by atoms with Crippen LogP contribution in [0.15, 0.2) is 0 Å². The highest BCUT2D eigenvalue weighted by atomic mass is 35.5. The van der Waals surface area contributed by atoms with Crippen LogP contribution >= 0.6 is 11.6 Å². The maximum atomic E-state index is 5.96. The molecule has 1 aromatic heterocycles. The molecule has 1 saturated heterocycles. The van der Waals surface area contributed by atoms with Crippen molar-refractivity contribution < 1.29 is 0 Å². The molecule has 0 saturated carbocycles. The number of hydrogen-bond acceptors (Lipinski definition) is 6. The van der Waals surface area contributed by atoms with Crippen LogP contribution in [0.5, 0.6) is 0 Å². The molecule has 0 aliphatic carbocycles. The summed E-state index contributed by atoms with van der Waals surface area (Å²) in [6.07, 6.45) is 0. The molecule has 2 rings (SSSR count). The largest absolute Gasteiger partial charge is 0.347 e. The molecule has 0 amide bonds. The van der Waals surface area contributed by atoms with E-state index in [1.807, 2.05) is 19.0 Å². The monoisotopic (exact) mass is 270 g/mol. The van der Waals surface area contributed by atoms with Gasteiger partial charge in [-0.2, -0.15) is 15.0 Å². The van der Waals surface area contributed by atoms with E-state index in [0.717, 1.165) is 19.6 Å². The molecular formula is C11H19ClN6. The third kappa shape index (κ3) is 2.81. The Labute approximate surface area is 113 Å². The van der Waals surface area contributed by atoms with Gasteiger partial charge in [-0.25, -0.2) is 0 Å². The Hall–Kier alpha value is -1.14. The van der Waals surface area contributed by atoms with Crippen molar-refractivity contribution >= 4 is 23.5 Å². The Kier molecular flexibility index (Phi) is 3.87. The summed E-state index contributed by atoms with van der Waals surface area (Å²) >= 11 is 5.96. The highest BCUT2D eigenvalue weighted by molar-refractivity contribution is 6.28. The van der Waals surface area contributed by atoms with Gasteiger partial charge >= 0.3 is 0 Å². The fraction of sp³-hybridized carbons (Fsp3) is 0.727. The molecule has 1 unspecified atom stereocenters. The summed E-state index contributed by atoms with van der Waals surface area (Å²) in [7, 11) is 5.91. The predicted octanol–water partition coefficient (Wildman–Crippen LogP) is 0.731. The van der Waals surface area contributed by atoms with Crippen LogP contribution in [0.2, 0.25) is 5.28 Å². The first-order valence-corrected chi connectivity index (χ1v) is 6.39.